The lowest BCUT2D eigenvalue weighted by Gasteiger charge is -2.13. The van der Waals surface area contributed by atoms with Crippen LogP contribution in [0.15, 0.2) is 48.5 Å². The molecule has 0 aliphatic rings. The third kappa shape index (κ3) is 3.34. The Morgan fingerprint density at radius 1 is 1.06 bits per heavy atom. The molecular formula is C16H18ClN. The molecule has 1 N–H and O–H groups in total. The van der Waals surface area contributed by atoms with Crippen LogP contribution in [0.3, 0.4) is 0 Å². The number of halogens is 1. The minimum absolute atomic E-state index is 0.465. The molecule has 94 valence electrons. The molecular weight excluding hydrogens is 242 g/mol. The first kappa shape index (κ1) is 13.1. The third-order valence-corrected chi connectivity index (χ3v) is 3.09. The molecule has 0 bridgehead atoms. The average Bonchev–Trinajstić information content (AvgIpc) is 2.37. The van der Waals surface area contributed by atoms with E-state index in [9.17, 15) is 0 Å². The molecule has 0 unspecified atom stereocenters. The van der Waals surface area contributed by atoms with Gasteiger partial charge in [0.25, 0.3) is 0 Å². The highest BCUT2D eigenvalue weighted by Gasteiger charge is 2.06. The lowest BCUT2D eigenvalue weighted by molar-refractivity contribution is 0.589. The lowest BCUT2D eigenvalue weighted by Crippen LogP contribution is -2.22. The van der Waals surface area contributed by atoms with Crippen molar-refractivity contribution in [2.24, 2.45) is 0 Å². The summed E-state index contributed by atoms with van der Waals surface area (Å²) >= 11 is 6.09. The number of benzene rings is 2. The van der Waals surface area contributed by atoms with Gasteiger partial charge in [-0.2, -0.15) is 0 Å². The van der Waals surface area contributed by atoms with Crippen molar-refractivity contribution in [3.8, 4) is 11.1 Å². The van der Waals surface area contributed by atoms with Crippen LogP contribution >= 0.6 is 11.6 Å². The Labute approximate surface area is 114 Å². The van der Waals surface area contributed by atoms with Gasteiger partial charge in [-0.15, -0.1) is 0 Å². The van der Waals surface area contributed by atoms with Crippen LogP contribution in [0.4, 0.5) is 0 Å². The SMILES string of the molecule is CC(C)NCc1cc(Cl)ccc1-c1ccccc1. The van der Waals surface area contributed by atoms with E-state index >= 15 is 0 Å². The summed E-state index contributed by atoms with van der Waals surface area (Å²) < 4.78 is 0. The van der Waals surface area contributed by atoms with Gasteiger partial charge in [0, 0.05) is 17.6 Å². The Hall–Kier alpha value is -1.31. The molecule has 0 amide bonds. The van der Waals surface area contributed by atoms with Gasteiger partial charge in [0.15, 0.2) is 0 Å². The lowest BCUT2D eigenvalue weighted by atomic mass is 9.99. The maximum Gasteiger partial charge on any atom is 0.0409 e. The summed E-state index contributed by atoms with van der Waals surface area (Å²) in [5.41, 5.74) is 3.71. The Morgan fingerprint density at radius 3 is 2.44 bits per heavy atom. The summed E-state index contributed by atoms with van der Waals surface area (Å²) in [4.78, 5) is 0. The van der Waals surface area contributed by atoms with Crippen LogP contribution in [0.2, 0.25) is 5.02 Å². The molecule has 0 aromatic heterocycles. The van der Waals surface area contributed by atoms with Gasteiger partial charge in [-0.3, -0.25) is 0 Å². The quantitative estimate of drug-likeness (QED) is 0.852. The molecule has 0 saturated carbocycles. The summed E-state index contributed by atoms with van der Waals surface area (Å²) in [5.74, 6) is 0. The van der Waals surface area contributed by atoms with Crippen molar-refractivity contribution >= 4 is 11.6 Å². The Bertz CT molecular complexity index is 506. The molecule has 2 heteroatoms. The predicted molar refractivity (Wildman–Crippen MR) is 78.9 cm³/mol. The van der Waals surface area contributed by atoms with Crippen LogP contribution in [0.5, 0.6) is 0 Å². The van der Waals surface area contributed by atoms with E-state index in [-0.39, 0.29) is 0 Å². The van der Waals surface area contributed by atoms with E-state index in [1.807, 2.05) is 18.2 Å². The minimum Gasteiger partial charge on any atom is -0.310 e. The maximum absolute atomic E-state index is 6.09. The highest BCUT2D eigenvalue weighted by atomic mass is 35.5. The fourth-order valence-electron chi connectivity index (χ4n) is 1.92. The summed E-state index contributed by atoms with van der Waals surface area (Å²) in [5, 5.41) is 4.23. The topological polar surface area (TPSA) is 12.0 Å². The smallest absolute Gasteiger partial charge is 0.0409 e. The van der Waals surface area contributed by atoms with Gasteiger partial charge in [-0.25, -0.2) is 0 Å². The first-order valence-electron chi connectivity index (χ1n) is 6.24. The van der Waals surface area contributed by atoms with Crippen LogP contribution < -0.4 is 5.32 Å². The van der Waals surface area contributed by atoms with Crippen molar-refractivity contribution in [3.05, 3.63) is 59.1 Å². The first-order valence-corrected chi connectivity index (χ1v) is 6.62. The monoisotopic (exact) mass is 259 g/mol. The van der Waals surface area contributed by atoms with Gasteiger partial charge in [0.1, 0.15) is 0 Å². The molecule has 2 aromatic rings. The molecule has 0 fully saturated rings. The number of nitrogens with one attached hydrogen (secondary N) is 1. The summed E-state index contributed by atoms with van der Waals surface area (Å²) in [7, 11) is 0. The van der Waals surface area contributed by atoms with Gasteiger partial charge >= 0.3 is 0 Å². The fourth-order valence-corrected chi connectivity index (χ4v) is 2.12. The molecule has 0 atom stereocenters. The van der Waals surface area contributed by atoms with E-state index in [4.69, 9.17) is 11.6 Å². The van der Waals surface area contributed by atoms with E-state index in [0.29, 0.717) is 6.04 Å². The zero-order valence-electron chi connectivity index (χ0n) is 10.8. The number of hydrogen-bond acceptors (Lipinski definition) is 1. The van der Waals surface area contributed by atoms with Crippen LogP contribution in [-0.4, -0.2) is 6.04 Å². The summed E-state index contributed by atoms with van der Waals surface area (Å²) in [6.45, 7) is 5.13. The van der Waals surface area contributed by atoms with Gasteiger partial charge < -0.3 is 5.32 Å². The first-order chi connectivity index (χ1) is 8.66. The molecule has 0 aliphatic carbocycles. The van der Waals surface area contributed by atoms with Crippen molar-refractivity contribution < 1.29 is 0 Å². The second-order valence-electron chi connectivity index (χ2n) is 4.70. The molecule has 0 heterocycles. The second kappa shape index (κ2) is 6.03. The van der Waals surface area contributed by atoms with Gasteiger partial charge in [-0.05, 0) is 28.8 Å². The number of hydrogen-bond donors (Lipinski definition) is 1. The molecule has 0 saturated heterocycles. The minimum atomic E-state index is 0.465. The normalized spacial score (nSPS) is 10.9. The maximum atomic E-state index is 6.09. The molecule has 2 aromatic carbocycles. The van der Waals surface area contributed by atoms with Crippen LogP contribution in [-0.2, 0) is 6.54 Å². The fraction of sp³-hybridized carbons (Fsp3) is 0.250. The largest absolute Gasteiger partial charge is 0.310 e. The zero-order chi connectivity index (χ0) is 13.0. The molecule has 0 radical (unpaired) electrons. The standard InChI is InChI=1S/C16H18ClN/c1-12(2)18-11-14-10-15(17)8-9-16(14)13-6-4-3-5-7-13/h3-10,12,18H,11H2,1-2H3. The average molecular weight is 260 g/mol. The van der Waals surface area contributed by atoms with Gasteiger partial charge in [-0.1, -0.05) is 61.8 Å². The Kier molecular flexibility index (Phi) is 4.40. The third-order valence-electron chi connectivity index (χ3n) is 2.85. The highest BCUT2D eigenvalue weighted by molar-refractivity contribution is 6.30. The van der Waals surface area contributed by atoms with Crippen molar-refractivity contribution in [1.29, 1.82) is 0 Å². The molecule has 0 aliphatic heterocycles. The van der Waals surface area contributed by atoms with E-state index in [0.717, 1.165) is 11.6 Å². The van der Waals surface area contributed by atoms with Crippen LogP contribution in [0.1, 0.15) is 19.4 Å². The number of rotatable bonds is 4. The Morgan fingerprint density at radius 2 is 1.78 bits per heavy atom. The molecule has 0 spiro atoms. The van der Waals surface area contributed by atoms with Crippen molar-refractivity contribution in [3.63, 3.8) is 0 Å². The predicted octanol–water partition coefficient (Wildman–Crippen LogP) is 4.51. The van der Waals surface area contributed by atoms with E-state index in [2.05, 4.69) is 49.5 Å². The second-order valence-corrected chi connectivity index (χ2v) is 5.14. The highest BCUT2D eigenvalue weighted by Crippen LogP contribution is 2.26. The van der Waals surface area contributed by atoms with Crippen LogP contribution in [0, 0.1) is 0 Å². The van der Waals surface area contributed by atoms with Crippen LogP contribution in [0.25, 0.3) is 11.1 Å². The van der Waals surface area contributed by atoms with E-state index in [1.165, 1.54) is 16.7 Å². The summed E-state index contributed by atoms with van der Waals surface area (Å²) in [6, 6.07) is 17.0. The molecule has 18 heavy (non-hydrogen) atoms. The van der Waals surface area contributed by atoms with E-state index in [1.54, 1.807) is 0 Å². The molecule has 2 rings (SSSR count). The van der Waals surface area contributed by atoms with Gasteiger partial charge in [0.05, 0.1) is 0 Å². The summed E-state index contributed by atoms with van der Waals surface area (Å²) in [6.07, 6.45) is 0. The molecule has 1 nitrogen and oxygen atoms in total. The van der Waals surface area contributed by atoms with Crippen molar-refractivity contribution in [1.82, 2.24) is 5.32 Å². The van der Waals surface area contributed by atoms with Crippen molar-refractivity contribution in [2.45, 2.75) is 26.4 Å². The Balaban J connectivity index is 2.35. The van der Waals surface area contributed by atoms with E-state index < -0.39 is 0 Å². The zero-order valence-corrected chi connectivity index (χ0v) is 11.5. The van der Waals surface area contributed by atoms with Crippen molar-refractivity contribution in [2.75, 3.05) is 0 Å². The van der Waals surface area contributed by atoms with Gasteiger partial charge in [0.2, 0.25) is 0 Å².